The molecule has 1 aliphatic heterocycles. The molecule has 2 aromatic rings. The fourth-order valence-electron chi connectivity index (χ4n) is 3.13. The van der Waals surface area contributed by atoms with Crippen molar-refractivity contribution in [2.75, 3.05) is 5.75 Å². The summed E-state index contributed by atoms with van der Waals surface area (Å²) >= 11 is 2.04. The molecule has 2 unspecified atom stereocenters. The summed E-state index contributed by atoms with van der Waals surface area (Å²) in [6.07, 6.45) is 2.50. The second kappa shape index (κ2) is 5.16. The van der Waals surface area contributed by atoms with Crippen molar-refractivity contribution in [1.82, 2.24) is 5.43 Å². The van der Waals surface area contributed by atoms with E-state index in [-0.39, 0.29) is 10.8 Å². The Labute approximate surface area is 118 Å². The molecular weight excluding hydrogens is 252 g/mol. The third-order valence-electron chi connectivity index (χ3n) is 4.16. The molecule has 1 saturated heterocycles. The van der Waals surface area contributed by atoms with E-state index in [4.69, 9.17) is 5.84 Å². The zero-order valence-corrected chi connectivity index (χ0v) is 12.0. The molecule has 3 heteroatoms. The van der Waals surface area contributed by atoms with E-state index in [0.717, 1.165) is 0 Å². The number of hydrogen-bond donors (Lipinski definition) is 2. The van der Waals surface area contributed by atoms with Gasteiger partial charge in [-0.3, -0.25) is 11.3 Å². The SMILES string of the molecule is CC1(C(NN)c2cccc3ccccc23)CCCS1. The molecule has 3 rings (SSSR count). The van der Waals surface area contributed by atoms with Crippen molar-refractivity contribution in [3.8, 4) is 0 Å². The van der Waals surface area contributed by atoms with E-state index >= 15 is 0 Å². The topological polar surface area (TPSA) is 38.0 Å². The molecule has 0 aromatic heterocycles. The Morgan fingerprint density at radius 2 is 2.00 bits per heavy atom. The summed E-state index contributed by atoms with van der Waals surface area (Å²) in [4.78, 5) is 0. The van der Waals surface area contributed by atoms with Crippen LogP contribution in [-0.4, -0.2) is 10.5 Å². The van der Waals surface area contributed by atoms with E-state index < -0.39 is 0 Å². The van der Waals surface area contributed by atoms with Gasteiger partial charge in [0.25, 0.3) is 0 Å². The van der Waals surface area contributed by atoms with Crippen LogP contribution in [0.15, 0.2) is 42.5 Å². The predicted octanol–water partition coefficient (Wildman–Crippen LogP) is 3.63. The van der Waals surface area contributed by atoms with E-state index in [0.29, 0.717) is 0 Å². The quantitative estimate of drug-likeness (QED) is 0.662. The highest BCUT2D eigenvalue weighted by Crippen LogP contribution is 2.47. The van der Waals surface area contributed by atoms with Crippen molar-refractivity contribution in [2.24, 2.45) is 5.84 Å². The van der Waals surface area contributed by atoms with Gasteiger partial charge >= 0.3 is 0 Å². The first-order valence-electron chi connectivity index (χ1n) is 6.82. The molecule has 3 N–H and O–H groups in total. The Bertz CT molecular complexity index is 570. The van der Waals surface area contributed by atoms with Crippen molar-refractivity contribution in [3.05, 3.63) is 48.0 Å². The average Bonchev–Trinajstić information content (AvgIpc) is 2.87. The van der Waals surface area contributed by atoms with E-state index in [1.54, 1.807) is 0 Å². The van der Waals surface area contributed by atoms with Crippen LogP contribution < -0.4 is 11.3 Å². The van der Waals surface area contributed by atoms with Gasteiger partial charge in [-0.25, -0.2) is 0 Å². The molecule has 0 spiro atoms. The van der Waals surface area contributed by atoms with Gasteiger partial charge in [0.05, 0.1) is 6.04 Å². The van der Waals surface area contributed by atoms with Crippen LogP contribution in [0.5, 0.6) is 0 Å². The van der Waals surface area contributed by atoms with Gasteiger partial charge in [0.1, 0.15) is 0 Å². The van der Waals surface area contributed by atoms with Crippen molar-refractivity contribution >= 4 is 22.5 Å². The van der Waals surface area contributed by atoms with Crippen molar-refractivity contribution in [1.29, 1.82) is 0 Å². The lowest BCUT2D eigenvalue weighted by Gasteiger charge is -2.33. The summed E-state index contributed by atoms with van der Waals surface area (Å²) in [5.74, 6) is 7.13. The zero-order chi connectivity index (χ0) is 13.3. The number of benzene rings is 2. The summed E-state index contributed by atoms with van der Waals surface area (Å²) in [5.41, 5.74) is 4.39. The molecule has 2 atom stereocenters. The highest BCUT2D eigenvalue weighted by Gasteiger charge is 2.38. The average molecular weight is 272 g/mol. The summed E-state index contributed by atoms with van der Waals surface area (Å²) in [5, 5.41) is 2.59. The first-order valence-corrected chi connectivity index (χ1v) is 7.81. The summed E-state index contributed by atoms with van der Waals surface area (Å²) in [7, 11) is 0. The number of thioether (sulfide) groups is 1. The van der Waals surface area contributed by atoms with Crippen LogP contribution in [-0.2, 0) is 0 Å². The minimum Gasteiger partial charge on any atom is -0.271 e. The number of nitrogens with one attached hydrogen (secondary N) is 1. The maximum atomic E-state index is 5.90. The highest BCUT2D eigenvalue weighted by atomic mass is 32.2. The number of nitrogens with two attached hydrogens (primary N) is 1. The van der Waals surface area contributed by atoms with Gasteiger partial charge < -0.3 is 0 Å². The summed E-state index contributed by atoms with van der Waals surface area (Å²) in [6.45, 7) is 2.33. The second-order valence-corrected chi connectivity index (χ2v) is 7.06. The van der Waals surface area contributed by atoms with Crippen molar-refractivity contribution < 1.29 is 0 Å². The molecule has 1 aliphatic rings. The smallest absolute Gasteiger partial charge is 0.0610 e. The van der Waals surface area contributed by atoms with Gasteiger partial charge in [0.15, 0.2) is 0 Å². The molecule has 19 heavy (non-hydrogen) atoms. The van der Waals surface area contributed by atoms with Gasteiger partial charge in [0.2, 0.25) is 0 Å². The van der Waals surface area contributed by atoms with Crippen molar-refractivity contribution in [3.63, 3.8) is 0 Å². The highest BCUT2D eigenvalue weighted by molar-refractivity contribution is 8.00. The number of hydrogen-bond acceptors (Lipinski definition) is 3. The Hall–Kier alpha value is -1.03. The molecule has 1 heterocycles. The van der Waals surface area contributed by atoms with Gasteiger partial charge in [-0.1, -0.05) is 42.5 Å². The monoisotopic (exact) mass is 272 g/mol. The molecule has 0 radical (unpaired) electrons. The number of fused-ring (bicyclic) bond motifs is 1. The Balaban J connectivity index is 2.11. The lowest BCUT2D eigenvalue weighted by Crippen LogP contribution is -2.41. The molecule has 0 amide bonds. The molecule has 1 fully saturated rings. The van der Waals surface area contributed by atoms with Gasteiger partial charge in [-0.2, -0.15) is 11.8 Å². The zero-order valence-electron chi connectivity index (χ0n) is 11.2. The predicted molar refractivity (Wildman–Crippen MR) is 84.1 cm³/mol. The minimum absolute atomic E-state index is 0.193. The molecule has 2 nitrogen and oxygen atoms in total. The van der Waals surface area contributed by atoms with E-state index in [9.17, 15) is 0 Å². The van der Waals surface area contributed by atoms with Crippen LogP contribution in [0.3, 0.4) is 0 Å². The Morgan fingerprint density at radius 3 is 2.74 bits per heavy atom. The van der Waals surface area contributed by atoms with Crippen LogP contribution in [0.2, 0.25) is 0 Å². The van der Waals surface area contributed by atoms with E-state index in [2.05, 4.69) is 54.8 Å². The first kappa shape index (κ1) is 13.0. The van der Waals surface area contributed by atoms with E-state index in [1.807, 2.05) is 11.8 Å². The molecular formula is C16H20N2S. The van der Waals surface area contributed by atoms with Crippen LogP contribution in [0, 0.1) is 0 Å². The lowest BCUT2D eigenvalue weighted by molar-refractivity contribution is 0.423. The molecule has 0 aliphatic carbocycles. The fourth-order valence-corrected chi connectivity index (χ4v) is 4.53. The molecule has 2 aromatic carbocycles. The normalized spacial score (nSPS) is 24.7. The Kier molecular flexibility index (Phi) is 3.52. The third-order valence-corrected chi connectivity index (χ3v) is 5.75. The Morgan fingerprint density at radius 1 is 1.21 bits per heavy atom. The maximum Gasteiger partial charge on any atom is 0.0610 e. The number of rotatable bonds is 3. The third kappa shape index (κ3) is 2.27. The largest absolute Gasteiger partial charge is 0.271 e. The molecule has 0 saturated carbocycles. The number of hydrazine groups is 1. The summed E-state index contributed by atoms with van der Waals surface area (Å²) in [6, 6.07) is 15.2. The van der Waals surface area contributed by atoms with Gasteiger partial charge in [-0.15, -0.1) is 0 Å². The minimum atomic E-state index is 0.193. The molecule has 100 valence electrons. The van der Waals surface area contributed by atoms with Crippen molar-refractivity contribution in [2.45, 2.75) is 30.6 Å². The van der Waals surface area contributed by atoms with Gasteiger partial charge in [0, 0.05) is 4.75 Å². The fraction of sp³-hybridized carbons (Fsp3) is 0.375. The van der Waals surface area contributed by atoms with Gasteiger partial charge in [-0.05, 0) is 41.9 Å². The van der Waals surface area contributed by atoms with Crippen LogP contribution >= 0.6 is 11.8 Å². The lowest BCUT2D eigenvalue weighted by atomic mass is 9.88. The molecule has 0 bridgehead atoms. The standard InChI is InChI=1S/C16H20N2S/c1-16(10-5-11-19-16)15(18-17)14-9-4-7-12-6-2-3-8-13(12)14/h2-4,6-9,15,18H,5,10-11,17H2,1H3. The van der Waals surface area contributed by atoms with Crippen LogP contribution in [0.25, 0.3) is 10.8 Å². The second-order valence-electron chi connectivity index (χ2n) is 5.43. The summed E-state index contributed by atoms with van der Waals surface area (Å²) < 4.78 is 0.193. The first-order chi connectivity index (χ1) is 9.24. The van der Waals surface area contributed by atoms with Crippen LogP contribution in [0.1, 0.15) is 31.4 Å². The van der Waals surface area contributed by atoms with E-state index in [1.165, 1.54) is 34.9 Å². The maximum absolute atomic E-state index is 5.90. The van der Waals surface area contributed by atoms with Crippen LogP contribution in [0.4, 0.5) is 0 Å².